The van der Waals surface area contributed by atoms with E-state index in [4.69, 9.17) is 0 Å². The van der Waals surface area contributed by atoms with E-state index in [0.29, 0.717) is 5.54 Å². The molecule has 0 amide bonds. The summed E-state index contributed by atoms with van der Waals surface area (Å²) in [6.45, 7) is 0. The molecular formula is C12H19NS. The molecule has 1 nitrogen and oxygen atoms in total. The van der Waals surface area contributed by atoms with Crippen molar-refractivity contribution in [1.29, 1.82) is 0 Å². The predicted molar refractivity (Wildman–Crippen MR) is 62.8 cm³/mol. The molecule has 0 atom stereocenters. The minimum absolute atomic E-state index is 0.354. The fraction of sp³-hybridized carbons (Fsp3) is 0.667. The molecule has 0 radical (unpaired) electrons. The molecule has 1 aliphatic rings. The second kappa shape index (κ2) is 4.03. The van der Waals surface area contributed by atoms with Gasteiger partial charge in [-0.25, -0.2) is 0 Å². The third-order valence-electron chi connectivity index (χ3n) is 3.52. The van der Waals surface area contributed by atoms with Crippen LogP contribution in [0.15, 0.2) is 17.5 Å². The van der Waals surface area contributed by atoms with Gasteiger partial charge in [-0.3, -0.25) is 4.90 Å². The maximum absolute atomic E-state index is 2.43. The van der Waals surface area contributed by atoms with Crippen molar-refractivity contribution in [3.8, 4) is 0 Å². The first-order valence-corrected chi connectivity index (χ1v) is 6.35. The third kappa shape index (κ3) is 1.61. The van der Waals surface area contributed by atoms with Crippen LogP contribution in [0, 0.1) is 0 Å². The average molecular weight is 209 g/mol. The SMILES string of the molecule is CN(C)C1(c2cccs2)CCCCC1. The summed E-state index contributed by atoms with van der Waals surface area (Å²) in [5.41, 5.74) is 0.354. The lowest BCUT2D eigenvalue weighted by atomic mass is 9.79. The van der Waals surface area contributed by atoms with Gasteiger partial charge in [0.2, 0.25) is 0 Å². The molecule has 78 valence electrons. The molecule has 14 heavy (non-hydrogen) atoms. The Morgan fingerprint density at radius 1 is 1.21 bits per heavy atom. The molecule has 0 aromatic carbocycles. The van der Waals surface area contributed by atoms with Gasteiger partial charge >= 0.3 is 0 Å². The van der Waals surface area contributed by atoms with E-state index in [0.717, 1.165) is 0 Å². The Hall–Kier alpha value is -0.340. The summed E-state index contributed by atoms with van der Waals surface area (Å²) in [7, 11) is 4.45. The molecular weight excluding hydrogens is 190 g/mol. The van der Waals surface area contributed by atoms with Gasteiger partial charge in [0.25, 0.3) is 0 Å². The Morgan fingerprint density at radius 3 is 2.43 bits per heavy atom. The van der Waals surface area contributed by atoms with Crippen molar-refractivity contribution in [3.63, 3.8) is 0 Å². The first-order chi connectivity index (χ1) is 6.76. The summed E-state index contributed by atoms with van der Waals surface area (Å²) in [4.78, 5) is 3.99. The normalized spacial score (nSPS) is 21.4. The van der Waals surface area contributed by atoms with E-state index < -0.39 is 0 Å². The van der Waals surface area contributed by atoms with Gasteiger partial charge in [-0.15, -0.1) is 11.3 Å². The standard InChI is InChI=1S/C12H19NS/c1-13(2)12(8-4-3-5-9-12)11-7-6-10-14-11/h6-7,10H,3-5,8-9H2,1-2H3. The maximum Gasteiger partial charge on any atom is 0.0548 e. The van der Waals surface area contributed by atoms with Gasteiger partial charge in [0.05, 0.1) is 5.54 Å². The second-order valence-electron chi connectivity index (χ2n) is 4.46. The quantitative estimate of drug-likeness (QED) is 0.721. The van der Waals surface area contributed by atoms with Crippen LogP contribution in [0.1, 0.15) is 37.0 Å². The van der Waals surface area contributed by atoms with Crippen LogP contribution in [-0.4, -0.2) is 19.0 Å². The van der Waals surface area contributed by atoms with Gasteiger partial charge in [-0.2, -0.15) is 0 Å². The van der Waals surface area contributed by atoms with Crippen LogP contribution in [0.25, 0.3) is 0 Å². The summed E-state index contributed by atoms with van der Waals surface area (Å²) in [6.07, 6.45) is 6.86. The number of hydrogen-bond acceptors (Lipinski definition) is 2. The Bertz CT molecular complexity index is 271. The largest absolute Gasteiger partial charge is 0.299 e. The fourth-order valence-electron chi connectivity index (χ4n) is 2.59. The van der Waals surface area contributed by atoms with Crippen LogP contribution in [0.4, 0.5) is 0 Å². The molecule has 2 heteroatoms. The third-order valence-corrected chi connectivity index (χ3v) is 4.58. The molecule has 0 unspecified atom stereocenters. The van der Waals surface area contributed by atoms with Crippen LogP contribution in [0.5, 0.6) is 0 Å². The molecule has 0 N–H and O–H groups in total. The molecule has 1 saturated carbocycles. The van der Waals surface area contributed by atoms with Crippen LogP contribution in [-0.2, 0) is 5.54 Å². The first kappa shape index (κ1) is 10.2. The van der Waals surface area contributed by atoms with E-state index in [1.54, 1.807) is 4.88 Å². The zero-order valence-electron chi connectivity index (χ0n) is 9.12. The molecule has 0 spiro atoms. The summed E-state index contributed by atoms with van der Waals surface area (Å²) in [5, 5.41) is 2.20. The number of thiophene rings is 1. The van der Waals surface area contributed by atoms with E-state index in [-0.39, 0.29) is 0 Å². The number of hydrogen-bond donors (Lipinski definition) is 0. The summed E-state index contributed by atoms with van der Waals surface area (Å²) < 4.78 is 0. The van der Waals surface area contributed by atoms with Crippen LogP contribution in [0.2, 0.25) is 0 Å². The Labute approximate surface area is 90.7 Å². The summed E-state index contributed by atoms with van der Waals surface area (Å²) in [6, 6.07) is 4.48. The van der Waals surface area contributed by atoms with E-state index in [1.807, 2.05) is 11.3 Å². The summed E-state index contributed by atoms with van der Waals surface area (Å²) >= 11 is 1.91. The number of rotatable bonds is 2. The van der Waals surface area contributed by atoms with Gasteiger partial charge in [-0.05, 0) is 38.4 Å². The molecule has 1 heterocycles. The van der Waals surface area contributed by atoms with Gasteiger partial charge in [0.15, 0.2) is 0 Å². The van der Waals surface area contributed by atoms with Crippen molar-refractivity contribution in [2.45, 2.75) is 37.6 Å². The lowest BCUT2D eigenvalue weighted by Crippen LogP contribution is -2.42. The monoisotopic (exact) mass is 209 g/mol. The van der Waals surface area contributed by atoms with Crippen molar-refractivity contribution in [2.75, 3.05) is 14.1 Å². The molecule has 1 aromatic rings. The minimum atomic E-state index is 0.354. The van der Waals surface area contributed by atoms with Gasteiger partial charge in [0, 0.05) is 4.88 Å². The highest BCUT2D eigenvalue weighted by Crippen LogP contribution is 2.42. The molecule has 1 aromatic heterocycles. The lowest BCUT2D eigenvalue weighted by Gasteiger charge is -2.42. The van der Waals surface area contributed by atoms with Crippen LogP contribution < -0.4 is 0 Å². The van der Waals surface area contributed by atoms with Crippen molar-refractivity contribution < 1.29 is 0 Å². The van der Waals surface area contributed by atoms with E-state index in [1.165, 1.54) is 32.1 Å². The van der Waals surface area contributed by atoms with Gasteiger partial charge in [-0.1, -0.05) is 25.3 Å². The van der Waals surface area contributed by atoms with E-state index in [2.05, 4.69) is 36.5 Å². The highest BCUT2D eigenvalue weighted by molar-refractivity contribution is 7.10. The fourth-order valence-corrected chi connectivity index (χ4v) is 3.66. The predicted octanol–water partition coefficient (Wildman–Crippen LogP) is 3.47. The first-order valence-electron chi connectivity index (χ1n) is 5.47. The zero-order valence-corrected chi connectivity index (χ0v) is 9.94. The van der Waals surface area contributed by atoms with Crippen molar-refractivity contribution in [2.24, 2.45) is 0 Å². The van der Waals surface area contributed by atoms with Crippen molar-refractivity contribution in [3.05, 3.63) is 22.4 Å². The van der Waals surface area contributed by atoms with E-state index >= 15 is 0 Å². The molecule has 1 fully saturated rings. The maximum atomic E-state index is 2.43. The van der Waals surface area contributed by atoms with Gasteiger partial charge in [0.1, 0.15) is 0 Å². The Kier molecular flexibility index (Phi) is 2.93. The highest BCUT2D eigenvalue weighted by atomic mass is 32.1. The minimum Gasteiger partial charge on any atom is -0.299 e. The van der Waals surface area contributed by atoms with Crippen molar-refractivity contribution >= 4 is 11.3 Å². The van der Waals surface area contributed by atoms with Crippen LogP contribution in [0.3, 0.4) is 0 Å². The lowest BCUT2D eigenvalue weighted by molar-refractivity contribution is 0.103. The van der Waals surface area contributed by atoms with Crippen LogP contribution >= 0.6 is 11.3 Å². The summed E-state index contributed by atoms with van der Waals surface area (Å²) in [5.74, 6) is 0. The highest BCUT2D eigenvalue weighted by Gasteiger charge is 2.36. The van der Waals surface area contributed by atoms with Gasteiger partial charge < -0.3 is 0 Å². The molecule has 1 aliphatic carbocycles. The zero-order chi connectivity index (χ0) is 10.0. The number of nitrogens with zero attached hydrogens (tertiary/aromatic N) is 1. The average Bonchev–Trinajstić information content (AvgIpc) is 2.72. The molecule has 0 aliphatic heterocycles. The molecule has 0 bridgehead atoms. The van der Waals surface area contributed by atoms with E-state index in [9.17, 15) is 0 Å². The second-order valence-corrected chi connectivity index (χ2v) is 5.41. The smallest absolute Gasteiger partial charge is 0.0548 e. The Morgan fingerprint density at radius 2 is 1.93 bits per heavy atom. The Balaban J connectivity index is 2.30. The topological polar surface area (TPSA) is 3.24 Å². The molecule has 0 saturated heterocycles. The van der Waals surface area contributed by atoms with Crippen molar-refractivity contribution in [1.82, 2.24) is 4.90 Å². The molecule has 2 rings (SSSR count).